The SMILES string of the molecule is CC(=O)c1ccc(C(C)(C)C)cc1NC1=CC(=O)N(CCO)C1=O. The number of aliphatic hydroxyl groups excluding tert-OH is 1. The predicted molar refractivity (Wildman–Crippen MR) is 90.7 cm³/mol. The molecular formula is C18H22N2O4. The van der Waals surface area contributed by atoms with Crippen molar-refractivity contribution in [1.29, 1.82) is 0 Å². The lowest BCUT2D eigenvalue weighted by atomic mass is 9.86. The molecule has 128 valence electrons. The molecule has 1 heterocycles. The highest BCUT2D eigenvalue weighted by atomic mass is 16.3. The number of imide groups is 1. The molecule has 0 saturated heterocycles. The minimum absolute atomic E-state index is 0.0546. The molecule has 0 atom stereocenters. The number of aliphatic hydroxyl groups is 1. The Bertz CT molecular complexity index is 729. The van der Waals surface area contributed by atoms with Crippen LogP contribution in [0.4, 0.5) is 5.69 Å². The van der Waals surface area contributed by atoms with Gasteiger partial charge >= 0.3 is 0 Å². The van der Waals surface area contributed by atoms with Crippen LogP contribution in [-0.4, -0.2) is 40.8 Å². The van der Waals surface area contributed by atoms with E-state index < -0.39 is 11.8 Å². The van der Waals surface area contributed by atoms with Crippen molar-refractivity contribution in [2.24, 2.45) is 0 Å². The first-order valence-corrected chi connectivity index (χ1v) is 7.76. The van der Waals surface area contributed by atoms with Crippen LogP contribution >= 0.6 is 0 Å². The van der Waals surface area contributed by atoms with Crippen molar-refractivity contribution < 1.29 is 19.5 Å². The summed E-state index contributed by atoms with van der Waals surface area (Å²) >= 11 is 0. The van der Waals surface area contributed by atoms with Gasteiger partial charge in [0.25, 0.3) is 11.8 Å². The molecule has 1 aliphatic rings. The fourth-order valence-corrected chi connectivity index (χ4v) is 2.48. The monoisotopic (exact) mass is 330 g/mol. The highest BCUT2D eigenvalue weighted by Gasteiger charge is 2.31. The number of rotatable bonds is 5. The van der Waals surface area contributed by atoms with Gasteiger partial charge in [-0.1, -0.05) is 26.8 Å². The molecule has 0 radical (unpaired) electrons. The fraction of sp³-hybridized carbons (Fsp3) is 0.389. The van der Waals surface area contributed by atoms with Crippen molar-refractivity contribution in [3.8, 4) is 0 Å². The Balaban J connectivity index is 2.38. The molecule has 0 aliphatic carbocycles. The smallest absolute Gasteiger partial charge is 0.277 e. The average Bonchev–Trinajstić information content (AvgIpc) is 2.74. The number of hydrogen-bond acceptors (Lipinski definition) is 5. The third kappa shape index (κ3) is 3.54. The van der Waals surface area contributed by atoms with E-state index in [1.807, 2.05) is 32.9 Å². The fourth-order valence-electron chi connectivity index (χ4n) is 2.48. The van der Waals surface area contributed by atoms with E-state index >= 15 is 0 Å². The summed E-state index contributed by atoms with van der Waals surface area (Å²) in [6.07, 6.45) is 1.19. The van der Waals surface area contributed by atoms with Gasteiger partial charge in [-0.05, 0) is 30.0 Å². The van der Waals surface area contributed by atoms with Crippen LogP contribution in [-0.2, 0) is 15.0 Å². The molecule has 0 aromatic heterocycles. The number of β-amino-alcohol motifs (C(OH)–C–C–N with tert-alkyl or cyclic N) is 1. The van der Waals surface area contributed by atoms with Crippen molar-refractivity contribution in [2.45, 2.75) is 33.1 Å². The second kappa shape index (κ2) is 6.57. The molecule has 0 spiro atoms. The number of carbonyl (C=O) groups excluding carboxylic acids is 3. The number of anilines is 1. The molecule has 1 aromatic rings. The highest BCUT2D eigenvalue weighted by Crippen LogP contribution is 2.29. The number of Topliss-reactive ketones (excluding diaryl/α,β-unsaturated/α-hetero) is 1. The normalized spacial score (nSPS) is 14.9. The van der Waals surface area contributed by atoms with Gasteiger partial charge in [0.05, 0.1) is 13.2 Å². The second-order valence-corrected chi connectivity index (χ2v) is 6.77. The van der Waals surface area contributed by atoms with Gasteiger partial charge in [0.1, 0.15) is 5.70 Å². The molecule has 24 heavy (non-hydrogen) atoms. The van der Waals surface area contributed by atoms with Crippen LogP contribution in [0.15, 0.2) is 30.0 Å². The van der Waals surface area contributed by atoms with Crippen molar-refractivity contribution in [3.05, 3.63) is 41.1 Å². The summed E-state index contributed by atoms with van der Waals surface area (Å²) in [5.74, 6) is -1.12. The quantitative estimate of drug-likeness (QED) is 0.635. The molecule has 1 aromatic carbocycles. The molecule has 2 amide bonds. The number of hydrogen-bond donors (Lipinski definition) is 2. The summed E-state index contributed by atoms with van der Waals surface area (Å²) < 4.78 is 0. The van der Waals surface area contributed by atoms with E-state index in [1.165, 1.54) is 13.0 Å². The molecular weight excluding hydrogens is 308 g/mol. The molecule has 6 heteroatoms. The first-order chi connectivity index (χ1) is 11.1. The number of amides is 2. The standard InChI is InChI=1S/C18H22N2O4/c1-11(22)13-6-5-12(18(2,3)4)9-14(13)19-15-10-16(23)20(7-8-21)17(15)24/h5-6,9-10,19,21H,7-8H2,1-4H3. The van der Waals surface area contributed by atoms with Crippen LogP contribution in [0.2, 0.25) is 0 Å². The van der Waals surface area contributed by atoms with Gasteiger partial charge < -0.3 is 10.4 Å². The maximum atomic E-state index is 12.3. The number of nitrogens with one attached hydrogen (secondary N) is 1. The van der Waals surface area contributed by atoms with Gasteiger partial charge in [0.15, 0.2) is 5.78 Å². The Morgan fingerprint density at radius 1 is 1.25 bits per heavy atom. The number of benzene rings is 1. The third-order valence-corrected chi connectivity index (χ3v) is 3.87. The number of nitrogens with zero attached hydrogens (tertiary/aromatic N) is 1. The molecule has 2 rings (SSSR count). The van der Waals surface area contributed by atoms with Gasteiger partial charge in [-0.15, -0.1) is 0 Å². The Morgan fingerprint density at radius 2 is 1.92 bits per heavy atom. The first kappa shape index (κ1) is 17.9. The van der Waals surface area contributed by atoms with Crippen molar-refractivity contribution in [3.63, 3.8) is 0 Å². The van der Waals surface area contributed by atoms with Gasteiger partial charge in [-0.2, -0.15) is 0 Å². The maximum absolute atomic E-state index is 12.3. The zero-order chi connectivity index (χ0) is 18.1. The molecule has 2 N–H and O–H groups in total. The zero-order valence-corrected chi connectivity index (χ0v) is 14.3. The van der Waals surface area contributed by atoms with Crippen LogP contribution < -0.4 is 5.32 Å². The molecule has 0 unspecified atom stereocenters. The van der Waals surface area contributed by atoms with E-state index in [9.17, 15) is 14.4 Å². The van der Waals surface area contributed by atoms with E-state index in [0.29, 0.717) is 11.3 Å². The minimum Gasteiger partial charge on any atom is -0.395 e. The van der Waals surface area contributed by atoms with E-state index in [1.54, 1.807) is 6.07 Å². The third-order valence-electron chi connectivity index (χ3n) is 3.87. The van der Waals surface area contributed by atoms with Gasteiger partial charge in [0.2, 0.25) is 0 Å². The van der Waals surface area contributed by atoms with Crippen LogP contribution in [0, 0.1) is 0 Å². The van der Waals surface area contributed by atoms with E-state index in [-0.39, 0.29) is 30.0 Å². The number of ketones is 1. The summed E-state index contributed by atoms with van der Waals surface area (Å²) in [7, 11) is 0. The Labute approximate surface area is 141 Å². The van der Waals surface area contributed by atoms with Crippen LogP contribution in [0.3, 0.4) is 0 Å². The lowest BCUT2D eigenvalue weighted by molar-refractivity contribution is -0.137. The van der Waals surface area contributed by atoms with E-state index in [0.717, 1.165) is 10.5 Å². The molecule has 1 aliphatic heterocycles. The van der Waals surface area contributed by atoms with Gasteiger partial charge in [-0.25, -0.2) is 0 Å². The summed E-state index contributed by atoms with van der Waals surface area (Å²) in [5, 5.41) is 11.9. The number of carbonyl (C=O) groups is 3. The molecule has 6 nitrogen and oxygen atoms in total. The Kier molecular flexibility index (Phi) is 4.89. The maximum Gasteiger partial charge on any atom is 0.277 e. The lowest BCUT2D eigenvalue weighted by Gasteiger charge is -2.21. The first-order valence-electron chi connectivity index (χ1n) is 7.76. The van der Waals surface area contributed by atoms with Crippen molar-refractivity contribution in [2.75, 3.05) is 18.5 Å². The van der Waals surface area contributed by atoms with Crippen molar-refractivity contribution >= 4 is 23.3 Å². The summed E-state index contributed by atoms with van der Waals surface area (Å²) in [6.45, 7) is 7.24. The largest absolute Gasteiger partial charge is 0.395 e. The average molecular weight is 330 g/mol. The van der Waals surface area contributed by atoms with E-state index in [4.69, 9.17) is 5.11 Å². The predicted octanol–water partition coefficient (Wildman–Crippen LogP) is 1.84. The van der Waals surface area contributed by atoms with E-state index in [2.05, 4.69) is 5.32 Å². The topological polar surface area (TPSA) is 86.7 Å². The Hall–Kier alpha value is -2.47. The minimum atomic E-state index is -0.510. The van der Waals surface area contributed by atoms with Gasteiger partial charge in [-0.3, -0.25) is 19.3 Å². The van der Waals surface area contributed by atoms with Crippen LogP contribution in [0.1, 0.15) is 43.6 Å². The molecule has 0 fully saturated rings. The second-order valence-electron chi connectivity index (χ2n) is 6.77. The van der Waals surface area contributed by atoms with Crippen LogP contribution in [0.5, 0.6) is 0 Å². The highest BCUT2D eigenvalue weighted by molar-refractivity contribution is 6.17. The zero-order valence-electron chi connectivity index (χ0n) is 14.3. The van der Waals surface area contributed by atoms with Crippen molar-refractivity contribution in [1.82, 2.24) is 4.90 Å². The molecule has 0 saturated carbocycles. The summed E-state index contributed by atoms with van der Waals surface area (Å²) in [5.41, 5.74) is 1.91. The van der Waals surface area contributed by atoms with Gasteiger partial charge in [0, 0.05) is 17.3 Å². The summed E-state index contributed by atoms with van der Waals surface area (Å²) in [6, 6.07) is 5.43. The van der Waals surface area contributed by atoms with Crippen LogP contribution in [0.25, 0.3) is 0 Å². The molecule has 0 bridgehead atoms. The Morgan fingerprint density at radius 3 is 2.46 bits per heavy atom. The summed E-state index contributed by atoms with van der Waals surface area (Å²) in [4.78, 5) is 36.9. The lowest BCUT2D eigenvalue weighted by Crippen LogP contribution is -2.34.